The van der Waals surface area contributed by atoms with E-state index in [2.05, 4.69) is 4.72 Å². The second-order valence-electron chi connectivity index (χ2n) is 5.22. The van der Waals surface area contributed by atoms with Crippen LogP contribution in [0.5, 0.6) is 0 Å². The summed E-state index contributed by atoms with van der Waals surface area (Å²) in [6.07, 6.45) is 0. The lowest BCUT2D eigenvalue weighted by Crippen LogP contribution is -2.16. The Labute approximate surface area is 124 Å². The Morgan fingerprint density at radius 3 is 2.10 bits per heavy atom. The average Bonchev–Trinajstić information content (AvgIpc) is 2.33. The van der Waals surface area contributed by atoms with Crippen molar-refractivity contribution < 1.29 is 12.8 Å². The number of rotatable bonds is 3. The molecule has 0 amide bonds. The monoisotopic (exact) mass is 307 g/mol. The number of sulfonamides is 1. The van der Waals surface area contributed by atoms with Crippen molar-refractivity contribution in [3.63, 3.8) is 0 Å². The minimum absolute atomic E-state index is 0.129. The van der Waals surface area contributed by atoms with Crippen LogP contribution in [0, 0.1) is 33.5 Å². The second kappa shape index (κ2) is 5.48. The summed E-state index contributed by atoms with van der Waals surface area (Å²) in [5.41, 5.74) is 3.20. The van der Waals surface area contributed by atoms with E-state index in [1.54, 1.807) is 26.0 Å². The standard InChI is InChI=1S/C16H18FNO2S/c1-10-6-5-7-15(13(10)4)18-21(19,20)16-11(2)8-14(17)9-12(16)3/h5-9,18H,1-4H3. The van der Waals surface area contributed by atoms with Crippen LogP contribution in [-0.4, -0.2) is 8.42 Å². The van der Waals surface area contributed by atoms with Gasteiger partial charge in [-0.15, -0.1) is 0 Å². The lowest BCUT2D eigenvalue weighted by atomic mass is 10.1. The minimum Gasteiger partial charge on any atom is -0.279 e. The van der Waals surface area contributed by atoms with Crippen LogP contribution in [0.4, 0.5) is 10.1 Å². The Morgan fingerprint density at radius 1 is 0.952 bits per heavy atom. The van der Waals surface area contributed by atoms with Crippen LogP contribution in [0.1, 0.15) is 22.3 Å². The van der Waals surface area contributed by atoms with Crippen LogP contribution in [0.3, 0.4) is 0 Å². The molecule has 2 aromatic carbocycles. The summed E-state index contributed by atoms with van der Waals surface area (Å²) in [6.45, 7) is 6.96. The fraction of sp³-hybridized carbons (Fsp3) is 0.250. The summed E-state index contributed by atoms with van der Waals surface area (Å²) in [4.78, 5) is 0.129. The van der Waals surface area contributed by atoms with E-state index in [1.165, 1.54) is 12.1 Å². The molecule has 0 aromatic heterocycles. The van der Waals surface area contributed by atoms with Crippen molar-refractivity contribution in [3.8, 4) is 0 Å². The Kier molecular flexibility index (Phi) is 4.05. The Bertz CT molecular complexity index is 775. The molecule has 1 N–H and O–H groups in total. The number of halogens is 1. The topological polar surface area (TPSA) is 46.2 Å². The minimum atomic E-state index is -3.75. The van der Waals surface area contributed by atoms with Gasteiger partial charge >= 0.3 is 0 Å². The summed E-state index contributed by atoms with van der Waals surface area (Å²) in [7, 11) is -3.75. The molecule has 0 aliphatic rings. The van der Waals surface area contributed by atoms with Crippen LogP contribution in [0.2, 0.25) is 0 Å². The molecule has 0 spiro atoms. The van der Waals surface area contributed by atoms with Gasteiger partial charge in [-0.2, -0.15) is 0 Å². The lowest BCUT2D eigenvalue weighted by Gasteiger charge is -2.15. The number of aryl methyl sites for hydroxylation is 3. The maximum Gasteiger partial charge on any atom is 0.262 e. The number of hydrogen-bond acceptors (Lipinski definition) is 2. The van der Waals surface area contributed by atoms with Gasteiger partial charge in [0, 0.05) is 0 Å². The molecule has 0 heterocycles. The Balaban J connectivity index is 2.51. The van der Waals surface area contributed by atoms with E-state index in [-0.39, 0.29) is 4.90 Å². The zero-order valence-electron chi connectivity index (χ0n) is 12.5. The summed E-state index contributed by atoms with van der Waals surface area (Å²) >= 11 is 0. The van der Waals surface area contributed by atoms with Crippen LogP contribution in [0.15, 0.2) is 35.2 Å². The number of benzene rings is 2. The molecule has 0 aliphatic heterocycles. The Morgan fingerprint density at radius 2 is 1.52 bits per heavy atom. The fourth-order valence-electron chi connectivity index (χ4n) is 2.38. The first-order valence-corrected chi connectivity index (χ1v) is 8.06. The van der Waals surface area contributed by atoms with Gasteiger partial charge < -0.3 is 0 Å². The molecule has 0 atom stereocenters. The number of anilines is 1. The number of hydrogen-bond donors (Lipinski definition) is 1. The third-order valence-corrected chi connectivity index (χ3v) is 5.21. The molecule has 112 valence electrons. The zero-order valence-corrected chi connectivity index (χ0v) is 13.3. The summed E-state index contributed by atoms with van der Waals surface area (Å²) in [5.74, 6) is -0.435. The largest absolute Gasteiger partial charge is 0.279 e. The SMILES string of the molecule is Cc1cccc(NS(=O)(=O)c2c(C)cc(F)cc2C)c1C. The van der Waals surface area contributed by atoms with Gasteiger partial charge in [0.05, 0.1) is 10.6 Å². The molecule has 0 saturated heterocycles. The molecule has 0 saturated carbocycles. The molecule has 5 heteroatoms. The molecule has 0 radical (unpaired) electrons. The van der Waals surface area contributed by atoms with Gasteiger partial charge in [-0.25, -0.2) is 12.8 Å². The van der Waals surface area contributed by atoms with Crippen molar-refractivity contribution in [3.05, 3.63) is 58.4 Å². The third-order valence-electron chi connectivity index (χ3n) is 3.54. The predicted molar refractivity (Wildman–Crippen MR) is 82.6 cm³/mol. The first kappa shape index (κ1) is 15.5. The Hall–Kier alpha value is -1.88. The summed E-state index contributed by atoms with van der Waals surface area (Å²) in [6, 6.07) is 7.88. The van der Waals surface area contributed by atoms with E-state index in [0.717, 1.165) is 11.1 Å². The molecule has 21 heavy (non-hydrogen) atoms. The molecule has 0 bridgehead atoms. The van der Waals surface area contributed by atoms with Gasteiger partial charge in [0.15, 0.2) is 0 Å². The average molecular weight is 307 g/mol. The first-order chi connectivity index (χ1) is 9.72. The van der Waals surface area contributed by atoms with Crippen molar-refractivity contribution >= 4 is 15.7 Å². The van der Waals surface area contributed by atoms with E-state index in [1.807, 2.05) is 19.9 Å². The van der Waals surface area contributed by atoms with Crippen molar-refractivity contribution in [2.75, 3.05) is 4.72 Å². The zero-order chi connectivity index (χ0) is 15.8. The van der Waals surface area contributed by atoms with E-state index in [0.29, 0.717) is 16.8 Å². The van der Waals surface area contributed by atoms with Crippen LogP contribution >= 0.6 is 0 Å². The van der Waals surface area contributed by atoms with E-state index >= 15 is 0 Å². The van der Waals surface area contributed by atoms with Crippen molar-refractivity contribution in [2.45, 2.75) is 32.6 Å². The van der Waals surface area contributed by atoms with E-state index in [4.69, 9.17) is 0 Å². The maximum absolute atomic E-state index is 13.3. The van der Waals surface area contributed by atoms with E-state index in [9.17, 15) is 12.8 Å². The van der Waals surface area contributed by atoms with Gasteiger partial charge in [-0.1, -0.05) is 12.1 Å². The highest BCUT2D eigenvalue weighted by Crippen LogP contribution is 2.26. The highest BCUT2D eigenvalue weighted by atomic mass is 32.2. The predicted octanol–water partition coefficient (Wildman–Crippen LogP) is 3.86. The molecule has 0 aliphatic carbocycles. The second-order valence-corrected chi connectivity index (χ2v) is 6.84. The van der Waals surface area contributed by atoms with Crippen LogP contribution < -0.4 is 4.72 Å². The van der Waals surface area contributed by atoms with Gasteiger partial charge in [0.1, 0.15) is 5.82 Å². The third kappa shape index (κ3) is 3.08. The number of nitrogens with one attached hydrogen (secondary N) is 1. The lowest BCUT2D eigenvalue weighted by molar-refractivity contribution is 0.597. The highest BCUT2D eigenvalue weighted by Gasteiger charge is 2.21. The molecule has 3 nitrogen and oxygen atoms in total. The summed E-state index contributed by atoms with van der Waals surface area (Å²) < 4.78 is 41.1. The van der Waals surface area contributed by atoms with Crippen LogP contribution in [0.25, 0.3) is 0 Å². The van der Waals surface area contributed by atoms with Crippen molar-refractivity contribution in [2.24, 2.45) is 0 Å². The van der Waals surface area contributed by atoms with E-state index < -0.39 is 15.8 Å². The summed E-state index contributed by atoms with van der Waals surface area (Å²) in [5, 5.41) is 0. The normalized spacial score (nSPS) is 11.5. The van der Waals surface area contributed by atoms with Crippen molar-refractivity contribution in [1.29, 1.82) is 0 Å². The molecular weight excluding hydrogens is 289 g/mol. The van der Waals surface area contributed by atoms with Gasteiger partial charge in [-0.3, -0.25) is 4.72 Å². The van der Waals surface area contributed by atoms with Crippen LogP contribution in [-0.2, 0) is 10.0 Å². The smallest absolute Gasteiger partial charge is 0.262 e. The molecular formula is C16H18FNO2S. The highest BCUT2D eigenvalue weighted by molar-refractivity contribution is 7.92. The molecule has 2 aromatic rings. The fourth-order valence-corrected chi connectivity index (χ4v) is 3.96. The molecule has 0 unspecified atom stereocenters. The van der Waals surface area contributed by atoms with Gasteiger partial charge in [0.25, 0.3) is 10.0 Å². The van der Waals surface area contributed by atoms with Gasteiger partial charge in [-0.05, 0) is 68.1 Å². The molecule has 2 rings (SSSR count). The maximum atomic E-state index is 13.3. The van der Waals surface area contributed by atoms with Crippen molar-refractivity contribution in [1.82, 2.24) is 0 Å². The van der Waals surface area contributed by atoms with Gasteiger partial charge in [0.2, 0.25) is 0 Å². The molecule has 0 fully saturated rings. The quantitative estimate of drug-likeness (QED) is 0.936. The first-order valence-electron chi connectivity index (χ1n) is 6.58.